The van der Waals surface area contributed by atoms with Crippen molar-refractivity contribution in [3.05, 3.63) is 18.2 Å². The molecular formula is C16H23F2N5O. The van der Waals surface area contributed by atoms with E-state index < -0.39 is 6.43 Å². The van der Waals surface area contributed by atoms with Gasteiger partial charge in [-0.3, -0.25) is 4.90 Å². The molecule has 2 fully saturated rings. The van der Waals surface area contributed by atoms with Gasteiger partial charge in [0, 0.05) is 31.6 Å². The van der Waals surface area contributed by atoms with E-state index in [1.165, 1.54) is 0 Å². The quantitative estimate of drug-likeness (QED) is 0.896. The molecule has 1 N–H and O–H groups in total. The van der Waals surface area contributed by atoms with E-state index >= 15 is 0 Å². The maximum absolute atomic E-state index is 12.6. The zero-order chi connectivity index (χ0) is 17.1. The van der Waals surface area contributed by atoms with E-state index in [-0.39, 0.29) is 18.6 Å². The van der Waals surface area contributed by atoms with Crippen molar-refractivity contribution in [1.82, 2.24) is 19.8 Å². The van der Waals surface area contributed by atoms with Gasteiger partial charge in [0.1, 0.15) is 5.82 Å². The predicted molar refractivity (Wildman–Crippen MR) is 86.3 cm³/mol. The Morgan fingerprint density at radius 3 is 2.62 bits per heavy atom. The lowest BCUT2D eigenvalue weighted by Crippen LogP contribution is -2.56. The number of hydrogen-bond donors (Lipinski definition) is 1. The minimum Gasteiger partial charge on any atom is -0.322 e. The highest BCUT2D eigenvalue weighted by molar-refractivity contribution is 5.89. The summed E-state index contributed by atoms with van der Waals surface area (Å²) in [6.07, 6.45) is 3.91. The second-order valence-corrected chi connectivity index (χ2v) is 6.43. The number of hydrogen-bond acceptors (Lipinski definition) is 4. The summed E-state index contributed by atoms with van der Waals surface area (Å²) in [4.78, 5) is 24.4. The Morgan fingerprint density at radius 1 is 1.33 bits per heavy atom. The zero-order valence-electron chi connectivity index (χ0n) is 13.8. The standard InChI is InChI=1S/C16H23F2N5O/c1-2-13-9-23(6-5-22(13)10-14(17)18)16(24)21-12-7-19-15(20-8-12)11-3-4-11/h7-8,11,13-14H,2-6,9-10H2,1H3,(H,21,24)/t13-/m1/s1. The number of halogens is 2. The monoisotopic (exact) mass is 339 g/mol. The number of piperazine rings is 1. The summed E-state index contributed by atoms with van der Waals surface area (Å²) in [5, 5.41) is 2.79. The van der Waals surface area contributed by atoms with Crippen LogP contribution >= 0.6 is 0 Å². The van der Waals surface area contributed by atoms with Crippen LogP contribution in [-0.2, 0) is 0 Å². The number of rotatable bonds is 5. The van der Waals surface area contributed by atoms with Gasteiger partial charge in [-0.15, -0.1) is 0 Å². The Kier molecular flexibility index (Phi) is 5.23. The highest BCUT2D eigenvalue weighted by Gasteiger charge is 2.30. The van der Waals surface area contributed by atoms with E-state index in [1.807, 2.05) is 6.92 Å². The van der Waals surface area contributed by atoms with Crippen LogP contribution in [0.2, 0.25) is 0 Å². The first-order valence-electron chi connectivity index (χ1n) is 8.47. The van der Waals surface area contributed by atoms with Crippen LogP contribution in [0, 0.1) is 0 Å². The summed E-state index contributed by atoms with van der Waals surface area (Å²) in [6.45, 7) is 3.08. The van der Waals surface area contributed by atoms with E-state index in [0.29, 0.717) is 31.2 Å². The Bertz CT molecular complexity index is 564. The summed E-state index contributed by atoms with van der Waals surface area (Å²) in [6, 6.07) is -0.264. The SMILES string of the molecule is CC[C@@H]1CN(C(=O)Nc2cnc(C3CC3)nc2)CCN1CC(F)F. The molecule has 2 amide bonds. The second kappa shape index (κ2) is 7.38. The third-order valence-corrected chi connectivity index (χ3v) is 4.60. The van der Waals surface area contributed by atoms with Crippen molar-refractivity contribution in [1.29, 1.82) is 0 Å². The molecule has 6 nitrogen and oxygen atoms in total. The summed E-state index contributed by atoms with van der Waals surface area (Å²) >= 11 is 0. The van der Waals surface area contributed by atoms with Crippen molar-refractivity contribution >= 4 is 11.7 Å². The zero-order valence-corrected chi connectivity index (χ0v) is 13.8. The second-order valence-electron chi connectivity index (χ2n) is 6.43. The predicted octanol–water partition coefficient (Wildman–Crippen LogP) is 2.55. The van der Waals surface area contributed by atoms with Crippen molar-refractivity contribution in [2.24, 2.45) is 0 Å². The van der Waals surface area contributed by atoms with E-state index in [4.69, 9.17) is 0 Å². The van der Waals surface area contributed by atoms with Gasteiger partial charge in [0.15, 0.2) is 0 Å². The number of amides is 2. The Hall–Kier alpha value is -1.83. The highest BCUT2D eigenvalue weighted by Crippen LogP contribution is 2.37. The molecule has 0 bridgehead atoms. The van der Waals surface area contributed by atoms with E-state index in [2.05, 4.69) is 15.3 Å². The fraction of sp³-hybridized carbons (Fsp3) is 0.688. The fourth-order valence-electron chi connectivity index (χ4n) is 3.04. The average Bonchev–Trinajstić information content (AvgIpc) is 3.40. The fourth-order valence-corrected chi connectivity index (χ4v) is 3.04. The first kappa shape index (κ1) is 17.0. The van der Waals surface area contributed by atoms with Gasteiger partial charge in [0.2, 0.25) is 0 Å². The topological polar surface area (TPSA) is 61.4 Å². The molecule has 2 heterocycles. The van der Waals surface area contributed by atoms with Crippen LogP contribution in [0.3, 0.4) is 0 Å². The molecule has 132 valence electrons. The van der Waals surface area contributed by atoms with E-state index in [0.717, 1.165) is 25.1 Å². The highest BCUT2D eigenvalue weighted by atomic mass is 19.3. The molecule has 1 atom stereocenters. The third-order valence-electron chi connectivity index (χ3n) is 4.60. The van der Waals surface area contributed by atoms with Crippen LogP contribution in [0.1, 0.15) is 37.9 Å². The maximum atomic E-state index is 12.6. The van der Waals surface area contributed by atoms with Crippen LogP contribution in [0.4, 0.5) is 19.3 Å². The van der Waals surface area contributed by atoms with Gasteiger partial charge in [-0.2, -0.15) is 0 Å². The molecule has 1 saturated heterocycles. The number of alkyl halides is 2. The van der Waals surface area contributed by atoms with Gasteiger partial charge in [-0.1, -0.05) is 6.92 Å². The van der Waals surface area contributed by atoms with Crippen LogP contribution in [0.15, 0.2) is 12.4 Å². The first-order valence-corrected chi connectivity index (χ1v) is 8.47. The molecule has 1 aliphatic heterocycles. The number of anilines is 1. The molecule has 0 spiro atoms. The van der Waals surface area contributed by atoms with Crippen molar-refractivity contribution in [3.8, 4) is 0 Å². The van der Waals surface area contributed by atoms with Gasteiger partial charge in [-0.05, 0) is 19.3 Å². The molecule has 24 heavy (non-hydrogen) atoms. The van der Waals surface area contributed by atoms with Gasteiger partial charge < -0.3 is 10.2 Å². The summed E-state index contributed by atoms with van der Waals surface area (Å²) < 4.78 is 25.2. The minimum atomic E-state index is -2.35. The molecule has 0 unspecified atom stereocenters. The van der Waals surface area contributed by atoms with Gasteiger partial charge >= 0.3 is 6.03 Å². The molecule has 1 aliphatic carbocycles. The molecule has 1 saturated carbocycles. The normalized spacial score (nSPS) is 22.0. The Labute approximate surface area is 140 Å². The Morgan fingerprint density at radius 2 is 2.04 bits per heavy atom. The summed E-state index contributed by atoms with van der Waals surface area (Å²) in [5.41, 5.74) is 0.562. The largest absolute Gasteiger partial charge is 0.322 e. The van der Waals surface area contributed by atoms with Crippen LogP contribution in [0.5, 0.6) is 0 Å². The molecule has 3 rings (SSSR count). The van der Waals surface area contributed by atoms with Crippen molar-refractivity contribution in [2.75, 3.05) is 31.5 Å². The van der Waals surface area contributed by atoms with Crippen molar-refractivity contribution in [3.63, 3.8) is 0 Å². The average molecular weight is 339 g/mol. The first-order chi connectivity index (χ1) is 11.6. The van der Waals surface area contributed by atoms with E-state index in [1.54, 1.807) is 22.2 Å². The smallest absolute Gasteiger partial charge is 0.322 e. The lowest BCUT2D eigenvalue weighted by Gasteiger charge is -2.40. The molecule has 1 aromatic heterocycles. The molecule has 8 heteroatoms. The minimum absolute atomic E-state index is 0.0352. The number of carbonyl (C=O) groups is 1. The Balaban J connectivity index is 1.54. The lowest BCUT2D eigenvalue weighted by molar-refractivity contribution is 0.0306. The number of urea groups is 1. The number of nitrogens with zero attached hydrogens (tertiary/aromatic N) is 4. The molecule has 0 aromatic carbocycles. The number of aromatic nitrogens is 2. The number of nitrogens with one attached hydrogen (secondary N) is 1. The van der Waals surface area contributed by atoms with Crippen molar-refractivity contribution in [2.45, 2.75) is 44.6 Å². The van der Waals surface area contributed by atoms with Gasteiger partial charge in [0.25, 0.3) is 6.43 Å². The summed E-state index contributed by atoms with van der Waals surface area (Å²) in [7, 11) is 0. The molecule has 1 aromatic rings. The van der Waals surface area contributed by atoms with Gasteiger partial charge in [0.05, 0.1) is 24.6 Å². The maximum Gasteiger partial charge on any atom is 0.322 e. The van der Waals surface area contributed by atoms with Crippen LogP contribution in [-0.4, -0.2) is 64.4 Å². The van der Waals surface area contributed by atoms with Gasteiger partial charge in [-0.25, -0.2) is 23.5 Å². The molecule has 0 radical (unpaired) electrons. The van der Waals surface area contributed by atoms with Crippen LogP contribution < -0.4 is 5.32 Å². The molecular weight excluding hydrogens is 316 g/mol. The third kappa shape index (κ3) is 4.17. The van der Waals surface area contributed by atoms with Crippen molar-refractivity contribution < 1.29 is 13.6 Å². The summed E-state index contributed by atoms with van der Waals surface area (Å²) in [5.74, 6) is 1.31. The van der Waals surface area contributed by atoms with Crippen LogP contribution in [0.25, 0.3) is 0 Å². The lowest BCUT2D eigenvalue weighted by atomic mass is 10.1. The molecule has 2 aliphatic rings. The van der Waals surface area contributed by atoms with E-state index in [9.17, 15) is 13.6 Å². The number of carbonyl (C=O) groups excluding carboxylic acids is 1.